The normalized spacial score (nSPS) is 36.9. The van der Waals surface area contributed by atoms with Crippen LogP contribution in [-0.4, -0.2) is 29.7 Å². The fraction of sp³-hybridized carbons (Fsp3) is 0.818. The molecule has 2 rings (SSSR count). The van der Waals surface area contributed by atoms with Gasteiger partial charge < -0.3 is 10.6 Å². The molecule has 4 heteroatoms. The maximum absolute atomic E-state index is 6.23. The van der Waals surface area contributed by atoms with Crippen molar-refractivity contribution >= 4 is 11.6 Å². The van der Waals surface area contributed by atoms with E-state index in [9.17, 15) is 0 Å². The number of hydrogen-bond donors (Lipinski definition) is 2. The van der Waals surface area contributed by atoms with Crippen molar-refractivity contribution in [3.05, 3.63) is 12.3 Å². The molecule has 1 aliphatic heterocycles. The van der Waals surface area contributed by atoms with Gasteiger partial charge in [-0.15, -0.1) is 0 Å². The van der Waals surface area contributed by atoms with E-state index in [1.165, 1.54) is 25.7 Å². The van der Waals surface area contributed by atoms with Crippen LogP contribution in [0.4, 0.5) is 0 Å². The molecule has 2 aliphatic rings. The minimum Gasteiger partial charge on any atom is -0.347 e. The Hall–Kier alpha value is -0.250. The molecule has 0 amide bonds. The summed E-state index contributed by atoms with van der Waals surface area (Å²) in [7, 11) is 0. The molecule has 3 nitrogen and oxygen atoms in total. The van der Waals surface area contributed by atoms with Crippen LogP contribution in [0.1, 0.15) is 25.7 Å². The summed E-state index contributed by atoms with van der Waals surface area (Å²) in [6.07, 6.45) is 9.20. The van der Waals surface area contributed by atoms with Crippen LogP contribution in [0.25, 0.3) is 0 Å². The molecule has 1 saturated carbocycles. The maximum atomic E-state index is 6.23. The Bertz CT molecular complexity index is 224. The summed E-state index contributed by atoms with van der Waals surface area (Å²) in [6, 6.07) is 0.597. The molecule has 15 heavy (non-hydrogen) atoms. The first-order valence-corrected chi connectivity index (χ1v) is 6.26. The van der Waals surface area contributed by atoms with E-state index in [0.717, 1.165) is 19.0 Å². The van der Waals surface area contributed by atoms with Gasteiger partial charge in [0.05, 0.1) is 0 Å². The highest BCUT2D eigenvalue weighted by Crippen LogP contribution is 2.29. The average molecular weight is 230 g/mol. The third kappa shape index (κ3) is 2.65. The van der Waals surface area contributed by atoms with Crippen LogP contribution in [-0.2, 0) is 0 Å². The van der Waals surface area contributed by atoms with Crippen LogP contribution in [0.15, 0.2) is 12.3 Å². The van der Waals surface area contributed by atoms with E-state index in [-0.39, 0.29) is 5.62 Å². The molecular weight excluding hydrogens is 210 g/mol. The van der Waals surface area contributed by atoms with Crippen LogP contribution in [0.3, 0.4) is 0 Å². The van der Waals surface area contributed by atoms with Crippen LogP contribution in [0.2, 0.25) is 0 Å². The van der Waals surface area contributed by atoms with Crippen LogP contribution in [0, 0.1) is 5.92 Å². The zero-order chi connectivity index (χ0) is 10.7. The van der Waals surface area contributed by atoms with Gasteiger partial charge in [-0.05, 0) is 44.3 Å². The summed E-state index contributed by atoms with van der Waals surface area (Å²) in [5.74, 6) is 0.733. The second kappa shape index (κ2) is 5.19. The Balaban J connectivity index is 1.89. The van der Waals surface area contributed by atoms with Crippen molar-refractivity contribution in [3.8, 4) is 0 Å². The van der Waals surface area contributed by atoms with Crippen LogP contribution < -0.4 is 11.1 Å². The maximum Gasteiger partial charge on any atom is 0.157 e. The Labute approximate surface area is 96.6 Å². The minimum absolute atomic E-state index is 0.0329. The van der Waals surface area contributed by atoms with Gasteiger partial charge in [0.15, 0.2) is 5.62 Å². The zero-order valence-corrected chi connectivity index (χ0v) is 9.79. The van der Waals surface area contributed by atoms with Crippen molar-refractivity contribution in [3.63, 3.8) is 0 Å². The van der Waals surface area contributed by atoms with E-state index in [1.54, 1.807) is 0 Å². The molecule has 86 valence electrons. The monoisotopic (exact) mass is 229 g/mol. The van der Waals surface area contributed by atoms with E-state index in [4.69, 9.17) is 17.3 Å². The lowest BCUT2D eigenvalue weighted by atomic mass is 9.85. The number of halogens is 1. The van der Waals surface area contributed by atoms with Crippen molar-refractivity contribution in [1.29, 1.82) is 0 Å². The number of nitrogens with two attached hydrogens (primary N) is 1. The van der Waals surface area contributed by atoms with E-state index in [0.29, 0.717) is 6.04 Å². The van der Waals surface area contributed by atoms with Crippen LogP contribution >= 0.6 is 11.6 Å². The molecule has 1 aliphatic carbocycles. The standard InChI is InChI=1S/C11H20ClN3/c12-11-14-6-1-7-15(11)10-4-2-9(8-13)3-5-10/h1,7,9-11,14H,2-6,8,13H2/t9-,10-,11?. The predicted octanol–water partition coefficient (Wildman–Crippen LogP) is 1.45. The molecule has 1 atom stereocenters. The highest BCUT2D eigenvalue weighted by Gasteiger charge is 2.27. The Morgan fingerprint density at radius 2 is 2.07 bits per heavy atom. The molecule has 0 radical (unpaired) electrons. The van der Waals surface area contributed by atoms with Gasteiger partial charge >= 0.3 is 0 Å². The Morgan fingerprint density at radius 3 is 2.67 bits per heavy atom. The zero-order valence-electron chi connectivity index (χ0n) is 9.03. The van der Waals surface area contributed by atoms with Crippen molar-refractivity contribution in [1.82, 2.24) is 10.2 Å². The summed E-state index contributed by atoms with van der Waals surface area (Å²) >= 11 is 6.23. The molecule has 0 saturated heterocycles. The minimum atomic E-state index is -0.0329. The molecule has 0 spiro atoms. The van der Waals surface area contributed by atoms with Crippen molar-refractivity contribution < 1.29 is 0 Å². The highest BCUT2D eigenvalue weighted by molar-refractivity contribution is 6.20. The SMILES string of the molecule is NC[C@H]1CC[C@H](N2C=CCNC2Cl)CC1. The molecule has 3 N–H and O–H groups in total. The third-order valence-electron chi connectivity index (χ3n) is 3.51. The topological polar surface area (TPSA) is 41.3 Å². The molecule has 0 aromatic heterocycles. The molecular formula is C11H20ClN3. The van der Waals surface area contributed by atoms with Gasteiger partial charge in [0.25, 0.3) is 0 Å². The van der Waals surface area contributed by atoms with Crippen LogP contribution in [0.5, 0.6) is 0 Å². The lowest BCUT2D eigenvalue weighted by Gasteiger charge is -2.40. The predicted molar refractivity (Wildman–Crippen MR) is 63.4 cm³/mol. The van der Waals surface area contributed by atoms with E-state index < -0.39 is 0 Å². The summed E-state index contributed by atoms with van der Waals surface area (Å²) in [5, 5.41) is 3.23. The van der Waals surface area contributed by atoms with Gasteiger partial charge in [-0.1, -0.05) is 17.7 Å². The third-order valence-corrected chi connectivity index (χ3v) is 3.89. The first-order valence-electron chi connectivity index (χ1n) is 5.83. The smallest absolute Gasteiger partial charge is 0.157 e. The quantitative estimate of drug-likeness (QED) is 0.556. The second-order valence-electron chi connectivity index (χ2n) is 4.49. The molecule has 1 fully saturated rings. The lowest BCUT2D eigenvalue weighted by molar-refractivity contribution is 0.157. The Kier molecular flexibility index (Phi) is 3.89. The van der Waals surface area contributed by atoms with Crippen molar-refractivity contribution in [2.75, 3.05) is 13.1 Å². The van der Waals surface area contributed by atoms with Gasteiger partial charge in [-0.25, -0.2) is 0 Å². The number of hydrogen-bond acceptors (Lipinski definition) is 3. The fourth-order valence-corrected chi connectivity index (χ4v) is 2.82. The number of nitrogens with one attached hydrogen (secondary N) is 1. The second-order valence-corrected chi connectivity index (χ2v) is 4.90. The molecule has 1 unspecified atom stereocenters. The molecule has 0 bridgehead atoms. The van der Waals surface area contributed by atoms with Gasteiger partial charge in [0.1, 0.15) is 0 Å². The summed E-state index contributed by atoms with van der Waals surface area (Å²) in [6.45, 7) is 1.72. The largest absolute Gasteiger partial charge is 0.347 e. The van der Waals surface area contributed by atoms with E-state index in [2.05, 4.69) is 22.5 Å². The van der Waals surface area contributed by atoms with Crippen molar-refractivity contribution in [2.24, 2.45) is 11.7 Å². The molecule has 1 heterocycles. The average Bonchev–Trinajstić information content (AvgIpc) is 2.30. The van der Waals surface area contributed by atoms with Gasteiger partial charge in [-0.3, -0.25) is 5.32 Å². The first-order chi connectivity index (χ1) is 7.31. The number of alkyl halides is 1. The number of rotatable bonds is 2. The first kappa shape index (κ1) is 11.2. The number of nitrogens with zero attached hydrogens (tertiary/aromatic N) is 1. The van der Waals surface area contributed by atoms with Crippen molar-refractivity contribution in [2.45, 2.75) is 37.4 Å². The highest BCUT2D eigenvalue weighted by atomic mass is 35.5. The van der Waals surface area contributed by atoms with E-state index >= 15 is 0 Å². The van der Waals surface area contributed by atoms with Gasteiger partial charge in [0, 0.05) is 12.6 Å². The lowest BCUT2D eigenvalue weighted by Crippen LogP contribution is -2.48. The fourth-order valence-electron chi connectivity index (χ4n) is 2.51. The van der Waals surface area contributed by atoms with E-state index in [1.807, 2.05) is 0 Å². The van der Waals surface area contributed by atoms with Gasteiger partial charge in [-0.2, -0.15) is 0 Å². The molecule has 0 aromatic carbocycles. The summed E-state index contributed by atoms with van der Waals surface area (Å²) in [4.78, 5) is 2.25. The summed E-state index contributed by atoms with van der Waals surface area (Å²) in [5.41, 5.74) is 5.66. The Morgan fingerprint density at radius 1 is 1.33 bits per heavy atom. The summed E-state index contributed by atoms with van der Waals surface area (Å²) < 4.78 is 0. The van der Waals surface area contributed by atoms with Gasteiger partial charge in [0.2, 0.25) is 0 Å². The molecule has 0 aromatic rings.